The average Bonchev–Trinajstić information content (AvgIpc) is 1.56. The van der Waals surface area contributed by atoms with Crippen LogP contribution in [0.2, 0.25) is 0 Å². The zero-order valence-corrected chi connectivity index (χ0v) is 57.4. The minimum atomic E-state index is -1.32. The van der Waals surface area contributed by atoms with Crippen LogP contribution in [0.15, 0.2) is 64.0 Å². The van der Waals surface area contributed by atoms with E-state index in [9.17, 15) is 63.6 Å². The van der Waals surface area contributed by atoms with Crippen LogP contribution in [0.4, 0.5) is 10.6 Å². The van der Waals surface area contributed by atoms with Crippen LogP contribution in [0.5, 0.6) is 0 Å². The highest BCUT2D eigenvalue weighted by atomic mass is 32.1. The summed E-state index contributed by atoms with van der Waals surface area (Å²) in [5, 5.41) is 59.9. The van der Waals surface area contributed by atoms with E-state index in [1.54, 1.807) is 70.9 Å². The lowest BCUT2D eigenvalue weighted by molar-refractivity contribution is -0.138. The number of nitrogens with one attached hydrogen (secondary N) is 4. The second-order valence-electron chi connectivity index (χ2n) is 22.5. The number of unbranched alkanes of at least 4 members (excludes halogenated alkanes) is 2. The molecular weight excluding hydrogens is 1360 g/mol. The van der Waals surface area contributed by atoms with Gasteiger partial charge in [-0.05, 0) is 69.1 Å². The molecule has 96 heavy (non-hydrogen) atoms. The standard InChI is InChI=1S/C63H68N12O15S6/c1-31(2)36-23-42(76)50-32(3)95-61(73-50)38(24-45(77)64-4)67-55(86)40-28-91-57(69-40)35-19-20-37(59-71-44(30-94-59)75(22-12-11-17-48(81)82)63(88)90-34(18-21-49(83)84)15-9-10-16-47(79)80)66-51(35)39-27-92-60(68-39)41-29-93-62(70-41)53(54(85)33-13-7-6-8-14-33)72-46(78)25-65-56(87)52-43(26-89-5)96-58(36)74-52/h6-8,13-14,19-20,27-31,34,36,38,53-54,85H,9-12,15-18,21-26H2,1-5H3,(H,64,77)(H,65,87)(H,67,86)(H,72,78)(H,79,80)(H,81,82)(H,83,84)/t34?,36-,38-,53-,54-/m0/s1. The number of aliphatic hydroxyl groups excluding tert-OH is 1. The third-order valence-corrected chi connectivity index (χ3v) is 21.0. The fourth-order valence-corrected chi connectivity index (χ4v) is 15.8. The van der Waals surface area contributed by atoms with Crippen molar-refractivity contribution in [3.05, 3.63) is 111 Å². The molecule has 1 unspecified atom stereocenters. The predicted octanol–water partition coefficient (Wildman–Crippen LogP) is 10.3. The van der Waals surface area contributed by atoms with E-state index < -0.39 is 84.4 Å². The van der Waals surface area contributed by atoms with E-state index in [0.717, 1.165) is 45.3 Å². The van der Waals surface area contributed by atoms with E-state index in [2.05, 4.69) is 21.3 Å². The largest absolute Gasteiger partial charge is 0.481 e. The van der Waals surface area contributed by atoms with Crippen LogP contribution in [0.3, 0.4) is 0 Å². The monoisotopic (exact) mass is 1420 g/mol. The first kappa shape index (κ1) is 71.6. The Morgan fingerprint density at radius 1 is 0.677 bits per heavy atom. The van der Waals surface area contributed by atoms with Gasteiger partial charge >= 0.3 is 24.0 Å². The molecule has 506 valence electrons. The molecule has 0 saturated heterocycles. The smallest absolute Gasteiger partial charge is 0.415 e. The Morgan fingerprint density at radius 2 is 1.35 bits per heavy atom. The number of hydrogen-bond donors (Lipinski definition) is 8. The lowest BCUT2D eigenvalue weighted by Gasteiger charge is -2.24. The van der Waals surface area contributed by atoms with Crippen LogP contribution < -0.4 is 26.2 Å². The van der Waals surface area contributed by atoms with Crippen LogP contribution in [0.25, 0.3) is 43.4 Å². The Kier molecular flexibility index (Phi) is 24.8. The van der Waals surface area contributed by atoms with Gasteiger partial charge in [0.2, 0.25) is 11.8 Å². The SMILES string of the molecule is CNC(=O)C[C@@H]1NC(=O)c2csc(n2)-c2ccc(-c3nc(N(CCCCC(=O)O)C(=O)OC(CCCCC(=O)O)CCC(=O)O)cs3)nc2-c2csc(n2)-c2csc(n2)[C@H]([C@@H](O)c2ccccc2)NC(=O)CNC(=O)c2nc(sc2COC)[C@H](C(C)C)CC(=O)c2nc1sc2C. The van der Waals surface area contributed by atoms with Crippen LogP contribution in [0, 0.1) is 12.8 Å². The number of Topliss-reactive ketones (excluding diaryl/α,β-unsaturated/α-hetero) is 1. The number of aliphatic hydroxyl groups is 1. The summed E-state index contributed by atoms with van der Waals surface area (Å²) in [4.78, 5) is 155. The van der Waals surface area contributed by atoms with Crippen LogP contribution in [-0.2, 0) is 40.1 Å². The zero-order chi connectivity index (χ0) is 68.7. The van der Waals surface area contributed by atoms with Gasteiger partial charge in [-0.15, -0.1) is 68.0 Å². The summed E-state index contributed by atoms with van der Waals surface area (Å²) in [6.07, 6.45) is -2.89. The number of ether oxygens (including phenoxy) is 2. The first-order valence-electron chi connectivity index (χ1n) is 30.4. The molecule has 27 nitrogen and oxygen atoms in total. The van der Waals surface area contributed by atoms with Crippen molar-refractivity contribution in [2.75, 3.05) is 32.1 Å². The molecular formula is C63H68N12O15S6. The van der Waals surface area contributed by atoms with Crippen molar-refractivity contribution >= 4 is 127 Å². The van der Waals surface area contributed by atoms with E-state index >= 15 is 0 Å². The number of ketones is 1. The van der Waals surface area contributed by atoms with Crippen molar-refractivity contribution in [2.24, 2.45) is 5.92 Å². The van der Waals surface area contributed by atoms with Crippen molar-refractivity contribution < 1.29 is 73.1 Å². The lowest BCUT2D eigenvalue weighted by Crippen LogP contribution is -2.40. The number of hydrogen-bond acceptors (Lipinski definition) is 25. The number of carbonyl (C=O) groups is 9. The summed E-state index contributed by atoms with van der Waals surface area (Å²) < 4.78 is 11.4. The Balaban J connectivity index is 1.11. The third-order valence-electron chi connectivity index (χ3n) is 15.2. The molecule has 1 aliphatic heterocycles. The molecule has 1 aliphatic rings. The van der Waals surface area contributed by atoms with Gasteiger partial charge in [0.25, 0.3) is 11.8 Å². The molecule has 8 heterocycles. The van der Waals surface area contributed by atoms with Crippen LogP contribution in [-0.4, -0.2) is 142 Å². The molecule has 0 fully saturated rings. The minimum absolute atomic E-state index is 0.00216. The molecule has 8 N–H and O–H groups in total. The number of methoxy groups -OCH3 is 1. The van der Waals surface area contributed by atoms with Gasteiger partial charge in [-0.1, -0.05) is 44.2 Å². The van der Waals surface area contributed by atoms with Gasteiger partial charge < -0.3 is 51.2 Å². The zero-order valence-electron chi connectivity index (χ0n) is 52.5. The Bertz CT molecular complexity index is 4120. The average molecular weight is 1430 g/mol. The summed E-state index contributed by atoms with van der Waals surface area (Å²) in [5.74, 6) is -6.47. The lowest BCUT2D eigenvalue weighted by atomic mass is 9.90. The number of thiazole rings is 6. The number of carbonyl (C=O) groups excluding carboxylic acids is 6. The van der Waals surface area contributed by atoms with E-state index in [1.807, 2.05) is 13.8 Å². The van der Waals surface area contributed by atoms with Crippen LogP contribution >= 0.6 is 68.0 Å². The van der Waals surface area contributed by atoms with Gasteiger partial charge in [-0.2, -0.15) is 0 Å². The molecule has 0 aliphatic carbocycles. The van der Waals surface area contributed by atoms with Crippen LogP contribution in [0.1, 0.15) is 170 Å². The number of aromatic nitrogens is 7. The molecule has 0 spiro atoms. The van der Waals surface area contributed by atoms with Gasteiger partial charge in [0.05, 0.1) is 41.2 Å². The first-order chi connectivity index (χ1) is 46.1. The fourth-order valence-electron chi connectivity index (χ4n) is 10.2. The molecule has 7 aromatic heterocycles. The minimum Gasteiger partial charge on any atom is -0.481 e. The van der Waals surface area contributed by atoms with Crippen molar-refractivity contribution in [3.63, 3.8) is 0 Å². The van der Waals surface area contributed by atoms with Gasteiger partial charge in [-0.25, -0.2) is 39.7 Å². The summed E-state index contributed by atoms with van der Waals surface area (Å²) in [7, 11) is 2.92. The normalized spacial score (nSPS) is 16.0. The maximum atomic E-state index is 14.5. The number of pyridine rings is 1. The highest BCUT2D eigenvalue weighted by Crippen LogP contribution is 2.41. The third kappa shape index (κ3) is 18.4. The Morgan fingerprint density at radius 3 is 2.07 bits per heavy atom. The highest BCUT2D eigenvalue weighted by molar-refractivity contribution is 7.15. The topological polar surface area (TPSA) is 395 Å². The van der Waals surface area contributed by atoms with E-state index in [-0.39, 0.29) is 123 Å². The van der Waals surface area contributed by atoms with E-state index in [1.165, 1.54) is 41.7 Å². The molecule has 9 rings (SSSR count). The number of carboxylic acid groups (broad SMARTS) is 3. The van der Waals surface area contributed by atoms with Gasteiger partial charge in [0.1, 0.15) is 83.3 Å². The quantitative estimate of drug-likeness (QED) is 0.0276. The first-order valence-corrected chi connectivity index (χ1v) is 35.5. The predicted molar refractivity (Wildman–Crippen MR) is 360 cm³/mol. The summed E-state index contributed by atoms with van der Waals surface area (Å²) in [5.41, 5.74) is 2.27. The van der Waals surface area contributed by atoms with Gasteiger partial charge in [0, 0.05) is 84.3 Å². The molecule has 33 heteroatoms. The summed E-state index contributed by atoms with van der Waals surface area (Å²) in [6.45, 7) is 5.01. The highest BCUT2D eigenvalue weighted by Gasteiger charge is 2.34. The van der Waals surface area contributed by atoms with Crippen molar-refractivity contribution in [3.8, 4) is 43.4 Å². The van der Waals surface area contributed by atoms with Gasteiger partial charge in [-0.3, -0.25) is 43.3 Å². The van der Waals surface area contributed by atoms with Crippen molar-refractivity contribution in [2.45, 2.75) is 128 Å². The van der Waals surface area contributed by atoms with Crippen molar-refractivity contribution in [1.82, 2.24) is 56.2 Å². The van der Waals surface area contributed by atoms with Gasteiger partial charge in [0.15, 0.2) is 5.78 Å². The number of aryl methyl sites for hydroxylation is 1. The Labute approximate surface area is 573 Å². The van der Waals surface area contributed by atoms with E-state index in [0.29, 0.717) is 69.4 Å². The second-order valence-corrected chi connectivity index (χ2v) is 28.3. The number of carboxylic acids is 3. The number of benzene rings is 1. The molecule has 5 atom stereocenters. The fraction of sp³-hybridized carbons (Fsp3) is 0.397. The molecule has 10 bridgehead atoms. The number of rotatable bonds is 23. The molecule has 8 aromatic rings. The van der Waals surface area contributed by atoms with E-state index in [4.69, 9.17) is 44.4 Å². The molecule has 0 radical (unpaired) electrons. The molecule has 1 aromatic carbocycles. The van der Waals surface area contributed by atoms with Crippen molar-refractivity contribution in [1.29, 1.82) is 0 Å². The summed E-state index contributed by atoms with van der Waals surface area (Å²) >= 11 is 6.96. The number of fused-ring (bicyclic) bond motifs is 14. The number of aliphatic carboxylic acids is 3. The summed E-state index contributed by atoms with van der Waals surface area (Å²) in [6, 6.07) is 9.90. The molecule has 0 saturated carbocycles. The number of nitrogens with zero attached hydrogens (tertiary/aromatic N) is 8. The number of amides is 5. The molecule has 5 amide bonds. The number of anilines is 1. The maximum absolute atomic E-state index is 14.5. The maximum Gasteiger partial charge on any atom is 0.415 e. The Hall–Kier alpha value is -8.70. The second kappa shape index (κ2) is 33.3.